The standard InChI is InChI=1S/C18H25N3OS.ClH/c1-3-20(4-2)12-13-21(17(22)14-8-7-9-14)18-19-15-10-5-6-11-16(15)23-18;/h5-6,10-11,14H,3-4,7-9,12-13H2,1-2H3;1H. The van der Waals surface area contributed by atoms with Crippen LogP contribution in [0.1, 0.15) is 33.1 Å². The van der Waals surface area contributed by atoms with Crippen molar-refractivity contribution in [3.63, 3.8) is 0 Å². The minimum absolute atomic E-state index is 0. The highest BCUT2D eigenvalue weighted by Crippen LogP contribution is 2.33. The van der Waals surface area contributed by atoms with E-state index in [1.54, 1.807) is 11.3 Å². The molecule has 24 heavy (non-hydrogen) atoms. The second kappa shape index (κ2) is 8.79. The monoisotopic (exact) mass is 367 g/mol. The Balaban J connectivity index is 0.00000208. The fraction of sp³-hybridized carbons (Fsp3) is 0.556. The van der Waals surface area contributed by atoms with E-state index in [1.165, 1.54) is 6.42 Å². The fourth-order valence-corrected chi connectivity index (χ4v) is 3.93. The van der Waals surface area contributed by atoms with Crippen LogP contribution in [0.4, 0.5) is 5.13 Å². The third-order valence-electron chi connectivity index (χ3n) is 4.77. The molecular weight excluding hydrogens is 342 g/mol. The van der Waals surface area contributed by atoms with Crippen LogP contribution in [0.15, 0.2) is 24.3 Å². The molecule has 1 saturated carbocycles. The van der Waals surface area contributed by atoms with Crippen LogP contribution in [0.2, 0.25) is 0 Å². The predicted molar refractivity (Wildman–Crippen MR) is 104 cm³/mol. The van der Waals surface area contributed by atoms with E-state index in [4.69, 9.17) is 4.98 Å². The number of hydrogen-bond donors (Lipinski definition) is 0. The molecule has 1 aromatic heterocycles. The van der Waals surface area contributed by atoms with Gasteiger partial charge in [0.15, 0.2) is 5.13 Å². The van der Waals surface area contributed by atoms with Gasteiger partial charge in [0, 0.05) is 19.0 Å². The van der Waals surface area contributed by atoms with Crippen molar-refractivity contribution in [1.29, 1.82) is 0 Å². The number of nitrogens with zero attached hydrogens (tertiary/aromatic N) is 3. The Bertz CT molecular complexity index is 634. The molecule has 3 rings (SSSR count). The zero-order valence-corrected chi connectivity index (χ0v) is 16.0. The van der Waals surface area contributed by atoms with Crippen LogP contribution in [0.5, 0.6) is 0 Å². The number of para-hydroxylation sites is 1. The zero-order valence-electron chi connectivity index (χ0n) is 14.4. The molecule has 0 radical (unpaired) electrons. The zero-order chi connectivity index (χ0) is 16.2. The van der Waals surface area contributed by atoms with Gasteiger partial charge in [0.05, 0.1) is 10.2 Å². The normalized spacial score (nSPS) is 14.5. The van der Waals surface area contributed by atoms with Gasteiger partial charge in [0.25, 0.3) is 0 Å². The molecule has 1 aliphatic carbocycles. The van der Waals surface area contributed by atoms with Crippen molar-refractivity contribution in [3.8, 4) is 0 Å². The van der Waals surface area contributed by atoms with Crippen molar-refractivity contribution >= 4 is 45.0 Å². The van der Waals surface area contributed by atoms with Crippen LogP contribution in [-0.4, -0.2) is 42.0 Å². The summed E-state index contributed by atoms with van der Waals surface area (Å²) < 4.78 is 1.15. The van der Waals surface area contributed by atoms with Crippen LogP contribution < -0.4 is 4.90 Å². The molecule has 1 aromatic carbocycles. The lowest BCUT2D eigenvalue weighted by molar-refractivity contribution is -0.124. The smallest absolute Gasteiger partial charge is 0.231 e. The summed E-state index contributed by atoms with van der Waals surface area (Å²) >= 11 is 1.63. The summed E-state index contributed by atoms with van der Waals surface area (Å²) in [5, 5.41) is 0.857. The number of fused-ring (bicyclic) bond motifs is 1. The van der Waals surface area contributed by atoms with Gasteiger partial charge < -0.3 is 4.90 Å². The van der Waals surface area contributed by atoms with E-state index in [2.05, 4.69) is 24.8 Å². The van der Waals surface area contributed by atoms with Gasteiger partial charge in [0.1, 0.15) is 0 Å². The largest absolute Gasteiger partial charge is 0.302 e. The number of carbonyl (C=O) groups is 1. The Morgan fingerprint density at radius 1 is 1.21 bits per heavy atom. The Labute approximate surface area is 154 Å². The second-order valence-electron chi connectivity index (χ2n) is 6.11. The SMILES string of the molecule is CCN(CC)CCN(C(=O)C1CCC1)c1nc2ccccc2s1.Cl. The van der Waals surface area contributed by atoms with E-state index in [0.717, 1.165) is 54.4 Å². The Morgan fingerprint density at radius 3 is 2.50 bits per heavy atom. The van der Waals surface area contributed by atoms with Gasteiger partial charge in [-0.15, -0.1) is 12.4 Å². The maximum absolute atomic E-state index is 12.9. The van der Waals surface area contributed by atoms with E-state index >= 15 is 0 Å². The number of hydrogen-bond acceptors (Lipinski definition) is 4. The third-order valence-corrected chi connectivity index (χ3v) is 5.83. The molecule has 1 heterocycles. The molecule has 132 valence electrons. The van der Waals surface area contributed by atoms with E-state index in [0.29, 0.717) is 0 Å². The minimum Gasteiger partial charge on any atom is -0.302 e. The summed E-state index contributed by atoms with van der Waals surface area (Å²) in [5.41, 5.74) is 0.988. The van der Waals surface area contributed by atoms with Gasteiger partial charge in [-0.25, -0.2) is 4.98 Å². The van der Waals surface area contributed by atoms with E-state index in [-0.39, 0.29) is 24.2 Å². The lowest BCUT2D eigenvalue weighted by Crippen LogP contribution is -2.43. The van der Waals surface area contributed by atoms with Gasteiger partial charge >= 0.3 is 0 Å². The second-order valence-corrected chi connectivity index (χ2v) is 7.12. The number of likely N-dealkylation sites (N-methyl/N-ethyl adjacent to an activating group) is 1. The van der Waals surface area contributed by atoms with Gasteiger partial charge in [-0.3, -0.25) is 9.69 Å². The topological polar surface area (TPSA) is 36.4 Å². The molecule has 1 fully saturated rings. The number of carbonyl (C=O) groups excluding carboxylic acids is 1. The molecular formula is C18H26ClN3OS. The molecule has 0 saturated heterocycles. The quantitative estimate of drug-likeness (QED) is 0.736. The Morgan fingerprint density at radius 2 is 1.92 bits per heavy atom. The van der Waals surface area contributed by atoms with Crippen LogP contribution in [0.25, 0.3) is 10.2 Å². The Hall–Kier alpha value is -1.17. The van der Waals surface area contributed by atoms with Gasteiger partial charge in [-0.2, -0.15) is 0 Å². The van der Waals surface area contributed by atoms with E-state index in [1.807, 2.05) is 23.1 Å². The number of amides is 1. The number of rotatable bonds is 7. The van der Waals surface area contributed by atoms with Crippen molar-refractivity contribution in [1.82, 2.24) is 9.88 Å². The molecule has 2 aromatic rings. The summed E-state index contributed by atoms with van der Waals surface area (Å²) in [4.78, 5) is 21.9. The molecule has 0 aliphatic heterocycles. The molecule has 0 unspecified atom stereocenters. The molecule has 6 heteroatoms. The first kappa shape index (κ1) is 19.2. The van der Waals surface area contributed by atoms with Crippen molar-refractivity contribution < 1.29 is 4.79 Å². The Kier molecular flexibility index (Phi) is 7.02. The maximum Gasteiger partial charge on any atom is 0.231 e. The van der Waals surface area contributed by atoms with Gasteiger partial charge in [-0.05, 0) is 38.1 Å². The highest BCUT2D eigenvalue weighted by atomic mass is 35.5. The minimum atomic E-state index is 0. The number of aromatic nitrogens is 1. The molecule has 0 atom stereocenters. The lowest BCUT2D eigenvalue weighted by atomic mass is 9.84. The maximum atomic E-state index is 12.9. The average Bonchev–Trinajstić information content (AvgIpc) is 2.93. The first-order chi connectivity index (χ1) is 11.2. The van der Waals surface area contributed by atoms with Crippen molar-refractivity contribution in [3.05, 3.63) is 24.3 Å². The van der Waals surface area contributed by atoms with Crippen molar-refractivity contribution in [2.45, 2.75) is 33.1 Å². The van der Waals surface area contributed by atoms with E-state index in [9.17, 15) is 4.79 Å². The van der Waals surface area contributed by atoms with Gasteiger partial charge in [-0.1, -0.05) is 43.7 Å². The van der Waals surface area contributed by atoms with Crippen molar-refractivity contribution in [2.75, 3.05) is 31.1 Å². The molecule has 0 N–H and O–H groups in total. The first-order valence-corrected chi connectivity index (χ1v) is 9.43. The summed E-state index contributed by atoms with van der Waals surface area (Å²) in [6.07, 6.45) is 3.25. The number of halogens is 1. The molecule has 1 amide bonds. The first-order valence-electron chi connectivity index (χ1n) is 8.62. The number of benzene rings is 1. The van der Waals surface area contributed by atoms with E-state index < -0.39 is 0 Å². The summed E-state index contributed by atoms with van der Waals surface area (Å²) in [5.74, 6) is 0.473. The van der Waals surface area contributed by atoms with Gasteiger partial charge in [0.2, 0.25) is 5.91 Å². The summed E-state index contributed by atoms with van der Waals surface area (Å²) in [6.45, 7) is 8.00. The van der Waals surface area contributed by atoms with Crippen LogP contribution >= 0.6 is 23.7 Å². The highest BCUT2D eigenvalue weighted by molar-refractivity contribution is 7.22. The molecule has 4 nitrogen and oxygen atoms in total. The molecule has 0 spiro atoms. The highest BCUT2D eigenvalue weighted by Gasteiger charge is 2.31. The summed E-state index contributed by atoms with van der Waals surface area (Å²) in [6, 6.07) is 8.12. The summed E-state index contributed by atoms with van der Waals surface area (Å²) in [7, 11) is 0. The number of thiazole rings is 1. The fourth-order valence-electron chi connectivity index (χ4n) is 2.93. The number of anilines is 1. The lowest BCUT2D eigenvalue weighted by Gasteiger charge is -2.31. The average molecular weight is 368 g/mol. The van der Waals surface area contributed by atoms with Crippen molar-refractivity contribution in [2.24, 2.45) is 5.92 Å². The molecule has 0 bridgehead atoms. The third kappa shape index (κ3) is 4.08. The van der Waals surface area contributed by atoms with Crippen LogP contribution in [0, 0.1) is 5.92 Å². The predicted octanol–water partition coefficient (Wildman–Crippen LogP) is 4.19. The molecule has 1 aliphatic rings. The van der Waals surface area contributed by atoms with Crippen LogP contribution in [0.3, 0.4) is 0 Å². The van der Waals surface area contributed by atoms with Crippen LogP contribution in [-0.2, 0) is 4.79 Å².